The lowest BCUT2D eigenvalue weighted by atomic mass is 10.1. The van der Waals surface area contributed by atoms with Crippen molar-refractivity contribution >= 4 is 33.4 Å². The molecule has 2 aromatic carbocycles. The highest BCUT2D eigenvalue weighted by atomic mass is 79.9. The maximum absolute atomic E-state index is 12.3. The highest BCUT2D eigenvalue weighted by Crippen LogP contribution is 2.23. The van der Waals surface area contributed by atoms with Gasteiger partial charge in [0.1, 0.15) is 6.54 Å². The first-order valence-electron chi connectivity index (χ1n) is 7.72. The van der Waals surface area contributed by atoms with Crippen molar-refractivity contribution in [1.82, 2.24) is 4.90 Å². The summed E-state index contributed by atoms with van der Waals surface area (Å²) in [5.74, 6) is -0.351. The van der Waals surface area contributed by atoms with Crippen molar-refractivity contribution in [3.8, 4) is 0 Å². The van der Waals surface area contributed by atoms with Crippen molar-refractivity contribution in [2.45, 2.75) is 27.3 Å². The summed E-state index contributed by atoms with van der Waals surface area (Å²) in [6.45, 7) is 5.90. The van der Waals surface area contributed by atoms with E-state index in [-0.39, 0.29) is 18.4 Å². The third-order valence-corrected chi connectivity index (χ3v) is 4.33. The van der Waals surface area contributed by atoms with E-state index in [1.54, 1.807) is 0 Å². The van der Waals surface area contributed by atoms with Gasteiger partial charge < -0.3 is 10.2 Å². The quantitative estimate of drug-likeness (QED) is 0.839. The number of halogens is 1. The van der Waals surface area contributed by atoms with Crippen molar-refractivity contribution in [3.05, 3.63) is 63.6 Å². The molecule has 0 fully saturated rings. The monoisotopic (exact) mass is 388 g/mol. The van der Waals surface area contributed by atoms with E-state index in [9.17, 15) is 9.59 Å². The van der Waals surface area contributed by atoms with Gasteiger partial charge in [-0.2, -0.15) is 0 Å². The third kappa shape index (κ3) is 5.20. The number of aryl methyl sites for hydroxylation is 2. The number of nitrogens with one attached hydrogen (secondary N) is 1. The second-order valence-corrected chi connectivity index (χ2v) is 6.75. The first-order chi connectivity index (χ1) is 11.3. The molecule has 2 rings (SSSR count). The summed E-state index contributed by atoms with van der Waals surface area (Å²) in [5.41, 5.74) is 3.96. The molecule has 0 saturated carbocycles. The maximum atomic E-state index is 12.3. The standard InChI is InChI=1S/C19H21BrN2O2/c1-13-4-7-16(8-5-13)11-22(15(3)23)12-19(24)21-18-9-6-14(2)10-17(18)20/h4-10H,11-12H2,1-3H3,(H,21,24). The first kappa shape index (κ1) is 18.2. The van der Waals surface area contributed by atoms with Crippen molar-refractivity contribution in [2.75, 3.05) is 11.9 Å². The Labute approximate surface area is 151 Å². The molecule has 0 aliphatic rings. The van der Waals surface area contributed by atoms with Crippen LogP contribution in [0.25, 0.3) is 0 Å². The molecule has 0 radical (unpaired) electrons. The summed E-state index contributed by atoms with van der Waals surface area (Å²) in [4.78, 5) is 25.7. The predicted octanol–water partition coefficient (Wildman–Crippen LogP) is 4.05. The molecule has 24 heavy (non-hydrogen) atoms. The fourth-order valence-electron chi connectivity index (χ4n) is 2.28. The zero-order chi connectivity index (χ0) is 17.7. The number of hydrogen-bond acceptors (Lipinski definition) is 2. The summed E-state index contributed by atoms with van der Waals surface area (Å²) in [5, 5.41) is 2.84. The zero-order valence-corrected chi connectivity index (χ0v) is 15.7. The fourth-order valence-corrected chi connectivity index (χ4v) is 2.87. The molecule has 0 spiro atoms. The predicted molar refractivity (Wildman–Crippen MR) is 99.8 cm³/mol. The fraction of sp³-hybridized carbons (Fsp3) is 0.263. The highest BCUT2D eigenvalue weighted by molar-refractivity contribution is 9.10. The van der Waals surface area contributed by atoms with Crippen LogP contribution < -0.4 is 5.32 Å². The SMILES string of the molecule is CC(=O)N(CC(=O)Nc1ccc(C)cc1Br)Cc1ccc(C)cc1. The lowest BCUT2D eigenvalue weighted by Crippen LogP contribution is -2.36. The molecule has 2 aromatic rings. The summed E-state index contributed by atoms with van der Waals surface area (Å²) in [7, 11) is 0. The zero-order valence-electron chi connectivity index (χ0n) is 14.1. The van der Waals surface area contributed by atoms with Crippen LogP contribution in [0.4, 0.5) is 5.69 Å². The van der Waals surface area contributed by atoms with E-state index in [0.29, 0.717) is 12.2 Å². The molecular weight excluding hydrogens is 368 g/mol. The molecule has 0 saturated heterocycles. The van der Waals surface area contributed by atoms with E-state index >= 15 is 0 Å². The minimum atomic E-state index is -0.220. The molecule has 4 nitrogen and oxygen atoms in total. The number of benzene rings is 2. The number of hydrogen-bond donors (Lipinski definition) is 1. The average Bonchev–Trinajstić information content (AvgIpc) is 2.51. The van der Waals surface area contributed by atoms with Gasteiger partial charge in [0.05, 0.1) is 5.69 Å². The van der Waals surface area contributed by atoms with Gasteiger partial charge in [-0.05, 0) is 53.0 Å². The van der Waals surface area contributed by atoms with Gasteiger partial charge in [-0.25, -0.2) is 0 Å². The molecule has 0 aliphatic heterocycles. The Hall–Kier alpha value is -2.14. The Morgan fingerprint density at radius 2 is 1.67 bits per heavy atom. The Kier molecular flexibility index (Phi) is 6.15. The van der Waals surface area contributed by atoms with Gasteiger partial charge in [0.25, 0.3) is 0 Å². The Morgan fingerprint density at radius 1 is 1.04 bits per heavy atom. The lowest BCUT2D eigenvalue weighted by molar-refractivity contribution is -0.133. The van der Waals surface area contributed by atoms with Crippen molar-refractivity contribution in [1.29, 1.82) is 0 Å². The molecule has 2 amide bonds. The molecule has 0 aromatic heterocycles. The van der Waals surface area contributed by atoms with E-state index in [4.69, 9.17) is 0 Å². The normalized spacial score (nSPS) is 10.3. The number of anilines is 1. The van der Waals surface area contributed by atoms with E-state index in [2.05, 4.69) is 21.2 Å². The van der Waals surface area contributed by atoms with Crippen LogP contribution in [0.15, 0.2) is 46.9 Å². The molecule has 0 aliphatic carbocycles. The maximum Gasteiger partial charge on any atom is 0.244 e. The topological polar surface area (TPSA) is 49.4 Å². The van der Waals surface area contributed by atoms with Gasteiger partial charge in [-0.3, -0.25) is 9.59 Å². The number of carbonyl (C=O) groups excluding carboxylic acids is 2. The molecule has 1 N–H and O–H groups in total. The smallest absolute Gasteiger partial charge is 0.244 e. The summed E-state index contributed by atoms with van der Waals surface area (Å²) in [6.07, 6.45) is 0. The second kappa shape index (κ2) is 8.11. The molecule has 126 valence electrons. The average molecular weight is 389 g/mol. The third-order valence-electron chi connectivity index (χ3n) is 3.67. The van der Waals surface area contributed by atoms with Crippen molar-refractivity contribution < 1.29 is 9.59 Å². The van der Waals surface area contributed by atoms with E-state index in [1.807, 2.05) is 56.3 Å². The van der Waals surface area contributed by atoms with Crippen LogP contribution >= 0.6 is 15.9 Å². The largest absolute Gasteiger partial charge is 0.329 e. The van der Waals surface area contributed by atoms with E-state index in [1.165, 1.54) is 11.8 Å². The van der Waals surface area contributed by atoms with Gasteiger partial charge in [0, 0.05) is 17.9 Å². The van der Waals surface area contributed by atoms with Crippen LogP contribution in [0.1, 0.15) is 23.6 Å². The summed E-state index contributed by atoms with van der Waals surface area (Å²) in [6, 6.07) is 13.6. The Bertz CT molecular complexity index is 742. The molecule has 0 heterocycles. The van der Waals surface area contributed by atoms with Gasteiger partial charge in [0.2, 0.25) is 11.8 Å². The second-order valence-electron chi connectivity index (χ2n) is 5.89. The van der Waals surface area contributed by atoms with Gasteiger partial charge in [-0.1, -0.05) is 35.9 Å². The number of rotatable bonds is 5. The summed E-state index contributed by atoms with van der Waals surface area (Å²) < 4.78 is 0.823. The van der Waals surface area contributed by atoms with Gasteiger partial charge in [-0.15, -0.1) is 0 Å². The molecule has 5 heteroatoms. The molecule has 0 atom stereocenters. The molecule has 0 unspecified atom stereocenters. The minimum absolute atomic E-state index is 0.0174. The van der Waals surface area contributed by atoms with Crippen LogP contribution in [0.2, 0.25) is 0 Å². The minimum Gasteiger partial charge on any atom is -0.329 e. The summed E-state index contributed by atoms with van der Waals surface area (Å²) >= 11 is 3.44. The molecular formula is C19H21BrN2O2. The Balaban J connectivity index is 2.02. The van der Waals surface area contributed by atoms with Crippen LogP contribution in [-0.4, -0.2) is 23.3 Å². The van der Waals surface area contributed by atoms with E-state index in [0.717, 1.165) is 21.2 Å². The van der Waals surface area contributed by atoms with Gasteiger partial charge in [0.15, 0.2) is 0 Å². The molecule has 0 bridgehead atoms. The van der Waals surface area contributed by atoms with Gasteiger partial charge >= 0.3 is 0 Å². The van der Waals surface area contributed by atoms with Crippen LogP contribution in [0, 0.1) is 13.8 Å². The van der Waals surface area contributed by atoms with Crippen LogP contribution in [0.3, 0.4) is 0 Å². The first-order valence-corrected chi connectivity index (χ1v) is 8.51. The van der Waals surface area contributed by atoms with Crippen molar-refractivity contribution in [3.63, 3.8) is 0 Å². The van der Waals surface area contributed by atoms with Crippen LogP contribution in [-0.2, 0) is 16.1 Å². The number of carbonyl (C=O) groups is 2. The number of amides is 2. The number of nitrogens with zero attached hydrogens (tertiary/aromatic N) is 1. The highest BCUT2D eigenvalue weighted by Gasteiger charge is 2.15. The Morgan fingerprint density at radius 3 is 2.25 bits per heavy atom. The van der Waals surface area contributed by atoms with E-state index < -0.39 is 0 Å². The van der Waals surface area contributed by atoms with Crippen molar-refractivity contribution in [2.24, 2.45) is 0 Å². The lowest BCUT2D eigenvalue weighted by Gasteiger charge is -2.21. The van der Waals surface area contributed by atoms with Crippen LogP contribution in [0.5, 0.6) is 0 Å².